The minimum absolute atomic E-state index is 0.187. The molecule has 1 aromatic rings. The zero-order valence-electron chi connectivity index (χ0n) is 12.2. The van der Waals surface area contributed by atoms with Crippen molar-refractivity contribution in [3.05, 3.63) is 35.6 Å². The Morgan fingerprint density at radius 1 is 1.40 bits per heavy atom. The number of nitrogens with one attached hydrogen (secondary N) is 1. The van der Waals surface area contributed by atoms with E-state index in [1.54, 1.807) is 12.1 Å². The van der Waals surface area contributed by atoms with E-state index in [1.165, 1.54) is 13.2 Å². The molecule has 1 saturated carbocycles. The van der Waals surface area contributed by atoms with Crippen LogP contribution in [0.25, 0.3) is 0 Å². The van der Waals surface area contributed by atoms with Crippen LogP contribution in [0, 0.1) is 11.7 Å². The average molecular weight is 279 g/mol. The van der Waals surface area contributed by atoms with Crippen molar-refractivity contribution in [1.82, 2.24) is 5.32 Å². The molecule has 1 N–H and O–H groups in total. The number of esters is 1. The lowest BCUT2D eigenvalue weighted by atomic mass is 9.75. The first-order valence-corrected chi connectivity index (χ1v) is 7.10. The monoisotopic (exact) mass is 279 g/mol. The fraction of sp³-hybridized carbons (Fsp3) is 0.562. The number of methoxy groups -OCH3 is 1. The largest absolute Gasteiger partial charge is 0.468 e. The number of rotatable bonds is 5. The van der Waals surface area contributed by atoms with E-state index in [1.807, 2.05) is 19.9 Å². The number of hydrogen-bond donors (Lipinski definition) is 1. The predicted octanol–water partition coefficient (Wildman–Crippen LogP) is 2.86. The van der Waals surface area contributed by atoms with Crippen LogP contribution in [0.2, 0.25) is 0 Å². The van der Waals surface area contributed by atoms with Gasteiger partial charge in [-0.25, -0.2) is 4.39 Å². The molecule has 0 heterocycles. The summed E-state index contributed by atoms with van der Waals surface area (Å²) in [6.07, 6.45) is 1.87. The topological polar surface area (TPSA) is 38.3 Å². The number of benzene rings is 1. The molecule has 0 radical (unpaired) electrons. The first-order valence-electron chi connectivity index (χ1n) is 7.10. The molecular weight excluding hydrogens is 257 g/mol. The standard InChI is InChI=1S/C16H22FNO2/c1-10(2)15(16(19)20-3)18-14-8-12(9-14)11-5-4-6-13(17)7-11/h4-7,10,12,14-15,18H,8-9H2,1-3H3/t12?,14?,15-/m0/s1. The van der Waals surface area contributed by atoms with Gasteiger partial charge in [0, 0.05) is 6.04 Å². The Labute approximate surface area is 119 Å². The average Bonchev–Trinajstić information content (AvgIpc) is 2.36. The zero-order valence-corrected chi connectivity index (χ0v) is 12.2. The van der Waals surface area contributed by atoms with Gasteiger partial charge in [0.15, 0.2) is 0 Å². The van der Waals surface area contributed by atoms with E-state index in [2.05, 4.69) is 5.32 Å². The fourth-order valence-corrected chi connectivity index (χ4v) is 2.70. The quantitative estimate of drug-likeness (QED) is 0.842. The number of carbonyl (C=O) groups excluding carboxylic acids is 1. The zero-order chi connectivity index (χ0) is 14.7. The summed E-state index contributed by atoms with van der Waals surface area (Å²) in [7, 11) is 1.41. The molecule has 1 fully saturated rings. The number of carbonyl (C=O) groups is 1. The number of hydrogen-bond acceptors (Lipinski definition) is 3. The molecule has 0 bridgehead atoms. The first kappa shape index (κ1) is 15.0. The second kappa shape index (κ2) is 6.35. The Kier molecular flexibility index (Phi) is 4.76. The lowest BCUT2D eigenvalue weighted by Gasteiger charge is -2.39. The highest BCUT2D eigenvalue weighted by molar-refractivity contribution is 5.76. The molecular formula is C16H22FNO2. The Hall–Kier alpha value is -1.42. The molecule has 0 spiro atoms. The van der Waals surface area contributed by atoms with E-state index in [-0.39, 0.29) is 23.7 Å². The van der Waals surface area contributed by atoms with Gasteiger partial charge in [0.05, 0.1) is 7.11 Å². The van der Waals surface area contributed by atoms with E-state index >= 15 is 0 Å². The van der Waals surface area contributed by atoms with Gasteiger partial charge in [-0.05, 0) is 42.4 Å². The molecule has 1 aliphatic rings. The van der Waals surface area contributed by atoms with Crippen molar-refractivity contribution in [3.8, 4) is 0 Å². The molecule has 4 heteroatoms. The summed E-state index contributed by atoms with van der Waals surface area (Å²) in [6.45, 7) is 3.99. The molecule has 0 aliphatic heterocycles. The Morgan fingerprint density at radius 2 is 2.10 bits per heavy atom. The lowest BCUT2D eigenvalue weighted by molar-refractivity contribution is -0.144. The van der Waals surface area contributed by atoms with Gasteiger partial charge in [0.2, 0.25) is 0 Å². The van der Waals surface area contributed by atoms with Crippen LogP contribution in [0.4, 0.5) is 4.39 Å². The minimum Gasteiger partial charge on any atom is -0.468 e. The molecule has 0 amide bonds. The minimum atomic E-state index is -0.265. The van der Waals surface area contributed by atoms with Gasteiger partial charge < -0.3 is 10.1 Å². The van der Waals surface area contributed by atoms with Gasteiger partial charge in [-0.3, -0.25) is 4.79 Å². The summed E-state index contributed by atoms with van der Waals surface area (Å²) in [5, 5.41) is 3.35. The van der Waals surface area contributed by atoms with Crippen LogP contribution in [-0.2, 0) is 9.53 Å². The van der Waals surface area contributed by atoms with E-state index in [9.17, 15) is 9.18 Å². The maximum absolute atomic E-state index is 13.2. The summed E-state index contributed by atoms with van der Waals surface area (Å²) in [6, 6.07) is 6.81. The summed E-state index contributed by atoms with van der Waals surface area (Å²) in [4.78, 5) is 11.7. The third kappa shape index (κ3) is 3.37. The van der Waals surface area contributed by atoms with Crippen LogP contribution < -0.4 is 5.32 Å². The van der Waals surface area contributed by atoms with Crippen molar-refractivity contribution in [1.29, 1.82) is 0 Å². The van der Waals surface area contributed by atoms with Crippen molar-refractivity contribution in [2.24, 2.45) is 5.92 Å². The van der Waals surface area contributed by atoms with Crippen molar-refractivity contribution < 1.29 is 13.9 Å². The third-order valence-corrected chi connectivity index (χ3v) is 4.00. The maximum atomic E-state index is 13.2. The molecule has 2 rings (SSSR count). The summed E-state index contributed by atoms with van der Waals surface area (Å²) in [5.41, 5.74) is 1.04. The summed E-state index contributed by atoms with van der Waals surface area (Å²) >= 11 is 0. The summed E-state index contributed by atoms with van der Waals surface area (Å²) < 4.78 is 18.0. The van der Waals surface area contributed by atoms with Crippen LogP contribution in [0.15, 0.2) is 24.3 Å². The molecule has 3 nitrogen and oxygen atoms in total. The molecule has 1 aliphatic carbocycles. The normalized spacial score (nSPS) is 23.2. The highest BCUT2D eigenvalue weighted by atomic mass is 19.1. The van der Waals surface area contributed by atoms with Gasteiger partial charge in [-0.1, -0.05) is 26.0 Å². The SMILES string of the molecule is COC(=O)[C@@H](NC1CC(c2cccc(F)c2)C1)C(C)C. The van der Waals surface area contributed by atoms with Crippen molar-refractivity contribution in [3.63, 3.8) is 0 Å². The molecule has 0 unspecified atom stereocenters. The predicted molar refractivity (Wildman–Crippen MR) is 75.9 cm³/mol. The maximum Gasteiger partial charge on any atom is 0.323 e. The molecule has 1 aromatic carbocycles. The second-order valence-electron chi connectivity index (χ2n) is 5.83. The van der Waals surface area contributed by atoms with Crippen LogP contribution in [0.3, 0.4) is 0 Å². The molecule has 1 atom stereocenters. The van der Waals surface area contributed by atoms with Crippen LogP contribution in [0.1, 0.15) is 38.2 Å². The van der Waals surface area contributed by atoms with Crippen molar-refractivity contribution >= 4 is 5.97 Å². The molecule has 110 valence electrons. The van der Waals surface area contributed by atoms with E-state index in [4.69, 9.17) is 4.74 Å². The third-order valence-electron chi connectivity index (χ3n) is 4.00. The number of ether oxygens (including phenoxy) is 1. The highest BCUT2D eigenvalue weighted by Crippen LogP contribution is 2.37. The number of halogens is 1. The van der Waals surface area contributed by atoms with Gasteiger partial charge in [0.1, 0.15) is 11.9 Å². The van der Waals surface area contributed by atoms with Crippen molar-refractivity contribution in [2.45, 2.75) is 44.7 Å². The van der Waals surface area contributed by atoms with Crippen LogP contribution in [0.5, 0.6) is 0 Å². The summed E-state index contributed by atoms with van der Waals surface area (Å²) in [5.74, 6) is 0.173. The molecule has 0 saturated heterocycles. The molecule has 20 heavy (non-hydrogen) atoms. The second-order valence-corrected chi connectivity index (χ2v) is 5.83. The Bertz CT molecular complexity index is 469. The lowest BCUT2D eigenvalue weighted by Crippen LogP contribution is -2.51. The van der Waals surface area contributed by atoms with Crippen molar-refractivity contribution in [2.75, 3.05) is 7.11 Å². The van der Waals surface area contributed by atoms with E-state index < -0.39 is 0 Å². The van der Waals surface area contributed by atoms with Crippen LogP contribution in [-0.4, -0.2) is 25.2 Å². The Morgan fingerprint density at radius 3 is 2.65 bits per heavy atom. The Balaban J connectivity index is 1.88. The van der Waals surface area contributed by atoms with Gasteiger partial charge in [-0.2, -0.15) is 0 Å². The van der Waals surface area contributed by atoms with Gasteiger partial charge in [-0.15, -0.1) is 0 Å². The van der Waals surface area contributed by atoms with E-state index in [0.717, 1.165) is 18.4 Å². The first-order chi connectivity index (χ1) is 9.51. The fourth-order valence-electron chi connectivity index (χ4n) is 2.70. The van der Waals surface area contributed by atoms with Gasteiger partial charge >= 0.3 is 5.97 Å². The van der Waals surface area contributed by atoms with Gasteiger partial charge in [0.25, 0.3) is 0 Å². The van der Waals surface area contributed by atoms with Crippen LogP contribution >= 0.6 is 0 Å². The highest BCUT2D eigenvalue weighted by Gasteiger charge is 2.34. The molecule has 0 aromatic heterocycles. The van der Waals surface area contributed by atoms with E-state index in [0.29, 0.717) is 12.0 Å². The smallest absolute Gasteiger partial charge is 0.323 e.